The lowest BCUT2D eigenvalue weighted by Crippen LogP contribution is -1.77. The third-order valence-corrected chi connectivity index (χ3v) is 0.777. The van der Waals surface area contributed by atoms with Crippen LogP contribution in [-0.2, 0) is 0 Å². The molecule has 0 bridgehead atoms. The highest BCUT2D eigenvalue weighted by molar-refractivity contribution is 5.25. The molecule has 48 valence electrons. The Balaban J connectivity index is 3.96. The minimum absolute atomic E-state index is 0.160. The van der Waals surface area contributed by atoms with Crippen LogP contribution in [0, 0.1) is 11.3 Å². The Labute approximate surface area is 54.1 Å². The molecule has 1 nitrogen and oxygen atoms in total. The molecule has 0 fully saturated rings. The summed E-state index contributed by atoms with van der Waals surface area (Å²) in [4.78, 5) is 0. The van der Waals surface area contributed by atoms with E-state index in [0.29, 0.717) is 0 Å². The lowest BCUT2D eigenvalue weighted by Gasteiger charge is -1.81. The molecule has 0 saturated heterocycles. The standard InChI is InChI=1S/C7H8FN/c1-2-3-4-7(5-8)6-9/h2-4H,5H2,1H3/b3-2-,7-4+. The van der Waals surface area contributed by atoms with E-state index in [4.69, 9.17) is 5.26 Å². The second-order valence-electron chi connectivity index (χ2n) is 1.46. The fraction of sp³-hybridized carbons (Fsp3) is 0.286. The predicted molar refractivity (Wildman–Crippen MR) is 34.5 cm³/mol. The third-order valence-electron chi connectivity index (χ3n) is 0.777. The summed E-state index contributed by atoms with van der Waals surface area (Å²) in [7, 11) is 0. The van der Waals surface area contributed by atoms with Crippen LogP contribution in [0.3, 0.4) is 0 Å². The Morgan fingerprint density at radius 1 is 1.78 bits per heavy atom. The molecule has 0 amide bonds. The molecule has 0 N–H and O–H groups in total. The fourth-order valence-electron chi connectivity index (χ4n) is 0.324. The zero-order valence-corrected chi connectivity index (χ0v) is 5.26. The summed E-state index contributed by atoms with van der Waals surface area (Å²) >= 11 is 0. The maximum Gasteiger partial charge on any atom is 0.124 e. The van der Waals surface area contributed by atoms with Crippen molar-refractivity contribution in [1.29, 1.82) is 5.26 Å². The molecule has 0 rings (SSSR count). The fourth-order valence-corrected chi connectivity index (χ4v) is 0.324. The molecule has 2 heteroatoms. The van der Waals surface area contributed by atoms with Crippen molar-refractivity contribution in [2.24, 2.45) is 0 Å². The number of alkyl halides is 1. The summed E-state index contributed by atoms with van der Waals surface area (Å²) in [6.45, 7) is 1.13. The zero-order valence-electron chi connectivity index (χ0n) is 5.26. The molecule has 0 aromatic heterocycles. The van der Waals surface area contributed by atoms with Crippen molar-refractivity contribution in [3.8, 4) is 6.07 Å². The molecule has 0 aliphatic carbocycles. The van der Waals surface area contributed by atoms with Gasteiger partial charge in [0.25, 0.3) is 0 Å². The molecular formula is C7H8FN. The van der Waals surface area contributed by atoms with Gasteiger partial charge >= 0.3 is 0 Å². The van der Waals surface area contributed by atoms with Gasteiger partial charge in [0.05, 0.1) is 11.6 Å². The zero-order chi connectivity index (χ0) is 7.11. The van der Waals surface area contributed by atoms with Crippen LogP contribution in [0.1, 0.15) is 6.92 Å². The molecule has 0 spiro atoms. The van der Waals surface area contributed by atoms with E-state index in [1.54, 1.807) is 18.2 Å². The lowest BCUT2D eigenvalue weighted by molar-refractivity contribution is 0.551. The van der Waals surface area contributed by atoms with E-state index in [0.717, 1.165) is 0 Å². The monoisotopic (exact) mass is 125 g/mol. The van der Waals surface area contributed by atoms with E-state index in [1.807, 2.05) is 6.92 Å². The van der Waals surface area contributed by atoms with Crippen molar-refractivity contribution < 1.29 is 4.39 Å². The highest BCUT2D eigenvalue weighted by Gasteiger charge is 1.87. The van der Waals surface area contributed by atoms with Gasteiger partial charge in [-0.3, -0.25) is 0 Å². The van der Waals surface area contributed by atoms with Gasteiger partial charge in [-0.15, -0.1) is 0 Å². The van der Waals surface area contributed by atoms with Crippen LogP contribution in [0.4, 0.5) is 4.39 Å². The van der Waals surface area contributed by atoms with Crippen molar-refractivity contribution in [3.63, 3.8) is 0 Å². The quantitative estimate of drug-likeness (QED) is 0.409. The van der Waals surface area contributed by atoms with Crippen molar-refractivity contribution >= 4 is 0 Å². The highest BCUT2D eigenvalue weighted by Crippen LogP contribution is 1.92. The molecule has 0 aromatic rings. The maximum absolute atomic E-state index is 11.7. The average Bonchev–Trinajstić information content (AvgIpc) is 1.91. The first kappa shape index (κ1) is 7.90. The first-order valence-electron chi connectivity index (χ1n) is 2.63. The van der Waals surface area contributed by atoms with E-state index < -0.39 is 6.67 Å². The molecule has 0 heterocycles. The Bertz CT molecular complexity index is 162. The largest absolute Gasteiger partial charge is 0.245 e. The summed E-state index contributed by atoms with van der Waals surface area (Å²) in [6.07, 6.45) is 4.84. The Morgan fingerprint density at radius 3 is 2.78 bits per heavy atom. The van der Waals surface area contributed by atoms with Crippen LogP contribution < -0.4 is 0 Å². The summed E-state index contributed by atoms with van der Waals surface area (Å²) in [5.41, 5.74) is 0.160. The normalized spacial score (nSPS) is 11.9. The van der Waals surface area contributed by atoms with Gasteiger partial charge in [0.15, 0.2) is 0 Å². The van der Waals surface area contributed by atoms with E-state index >= 15 is 0 Å². The molecule has 0 radical (unpaired) electrons. The Kier molecular flexibility index (Phi) is 4.43. The number of halogens is 1. The molecule has 9 heavy (non-hydrogen) atoms. The minimum atomic E-state index is -0.680. The van der Waals surface area contributed by atoms with E-state index in [2.05, 4.69) is 0 Å². The van der Waals surface area contributed by atoms with E-state index in [-0.39, 0.29) is 5.57 Å². The molecule has 0 aliphatic rings. The van der Waals surface area contributed by atoms with E-state index in [9.17, 15) is 4.39 Å². The van der Waals surface area contributed by atoms with Crippen molar-refractivity contribution in [3.05, 3.63) is 23.8 Å². The number of hydrogen-bond acceptors (Lipinski definition) is 1. The molecule has 0 unspecified atom stereocenters. The lowest BCUT2D eigenvalue weighted by atomic mass is 10.3. The second kappa shape index (κ2) is 5.04. The third kappa shape index (κ3) is 3.48. The summed E-state index contributed by atoms with van der Waals surface area (Å²) < 4.78 is 11.7. The molecule has 0 saturated carbocycles. The highest BCUT2D eigenvalue weighted by atomic mass is 19.1. The topological polar surface area (TPSA) is 23.8 Å². The van der Waals surface area contributed by atoms with Gasteiger partial charge in [0.2, 0.25) is 0 Å². The van der Waals surface area contributed by atoms with Gasteiger partial charge in [-0.2, -0.15) is 5.26 Å². The SMILES string of the molecule is C/C=C\C=C(\C#N)CF. The van der Waals surface area contributed by atoms with Gasteiger partial charge in [-0.05, 0) is 13.0 Å². The molecule has 0 atom stereocenters. The van der Waals surface area contributed by atoms with Gasteiger partial charge in [0.1, 0.15) is 6.67 Å². The van der Waals surface area contributed by atoms with Crippen LogP contribution in [0.25, 0.3) is 0 Å². The second-order valence-corrected chi connectivity index (χ2v) is 1.46. The number of hydrogen-bond donors (Lipinski definition) is 0. The van der Waals surface area contributed by atoms with Crippen molar-refractivity contribution in [1.82, 2.24) is 0 Å². The number of rotatable bonds is 2. The Hall–Kier alpha value is -1.10. The maximum atomic E-state index is 11.7. The predicted octanol–water partition coefficient (Wildman–Crippen LogP) is 1.98. The summed E-state index contributed by atoms with van der Waals surface area (Å²) in [6, 6.07) is 1.72. The van der Waals surface area contributed by atoms with Crippen LogP contribution >= 0.6 is 0 Å². The summed E-state index contributed by atoms with van der Waals surface area (Å²) in [5, 5.41) is 8.16. The molecule has 0 aliphatic heterocycles. The van der Waals surface area contributed by atoms with Crippen LogP contribution in [-0.4, -0.2) is 6.67 Å². The first-order valence-corrected chi connectivity index (χ1v) is 2.63. The van der Waals surface area contributed by atoms with Crippen molar-refractivity contribution in [2.45, 2.75) is 6.92 Å². The average molecular weight is 125 g/mol. The van der Waals surface area contributed by atoms with Gasteiger partial charge in [-0.25, -0.2) is 4.39 Å². The number of nitrogens with zero attached hydrogens (tertiary/aromatic N) is 1. The first-order chi connectivity index (χ1) is 4.35. The number of nitriles is 1. The van der Waals surface area contributed by atoms with Gasteiger partial charge < -0.3 is 0 Å². The van der Waals surface area contributed by atoms with E-state index in [1.165, 1.54) is 6.08 Å². The number of allylic oxidation sites excluding steroid dienone is 4. The van der Waals surface area contributed by atoms with Gasteiger partial charge in [-0.1, -0.05) is 12.2 Å². The van der Waals surface area contributed by atoms with Crippen molar-refractivity contribution in [2.75, 3.05) is 6.67 Å². The molecule has 0 aromatic carbocycles. The Morgan fingerprint density at radius 2 is 2.44 bits per heavy atom. The van der Waals surface area contributed by atoms with Crippen LogP contribution in [0.15, 0.2) is 23.8 Å². The summed E-state index contributed by atoms with van der Waals surface area (Å²) in [5.74, 6) is 0. The smallest absolute Gasteiger partial charge is 0.124 e. The van der Waals surface area contributed by atoms with Crippen LogP contribution in [0.2, 0.25) is 0 Å². The van der Waals surface area contributed by atoms with Gasteiger partial charge in [0, 0.05) is 0 Å². The van der Waals surface area contributed by atoms with Crippen LogP contribution in [0.5, 0.6) is 0 Å². The minimum Gasteiger partial charge on any atom is -0.245 e. The molecular weight excluding hydrogens is 117 g/mol.